The first-order chi connectivity index (χ1) is 15.7. The van der Waals surface area contributed by atoms with E-state index in [1.54, 1.807) is 4.57 Å². The summed E-state index contributed by atoms with van der Waals surface area (Å²) in [6.07, 6.45) is 2.06. The molecule has 1 heterocycles. The minimum Gasteiger partial charge on any atom is -0.494 e. The van der Waals surface area contributed by atoms with Crippen molar-refractivity contribution in [3.63, 3.8) is 0 Å². The molecule has 0 unspecified atom stereocenters. The molecule has 0 spiro atoms. The van der Waals surface area contributed by atoms with Crippen molar-refractivity contribution in [1.29, 1.82) is 0 Å². The predicted molar refractivity (Wildman–Crippen MR) is 129 cm³/mol. The van der Waals surface area contributed by atoms with Crippen molar-refractivity contribution in [3.8, 4) is 11.4 Å². The summed E-state index contributed by atoms with van der Waals surface area (Å²) in [4.78, 5) is 18.3. The lowest BCUT2D eigenvalue weighted by Gasteiger charge is -2.20. The van der Waals surface area contributed by atoms with Gasteiger partial charge in [0.25, 0.3) is 5.56 Å². The third-order valence-corrected chi connectivity index (χ3v) is 5.54. The van der Waals surface area contributed by atoms with Crippen LogP contribution in [0.1, 0.15) is 44.1 Å². The van der Waals surface area contributed by atoms with Gasteiger partial charge in [-0.25, -0.2) is 4.98 Å². The highest BCUT2D eigenvalue weighted by molar-refractivity contribution is 5.77. The molecule has 1 N–H and O–H groups in total. The molecule has 32 heavy (non-hydrogen) atoms. The van der Waals surface area contributed by atoms with Crippen LogP contribution in [0, 0.1) is 0 Å². The molecule has 0 saturated carbocycles. The number of aromatic nitrogens is 2. The highest BCUT2D eigenvalue weighted by Gasteiger charge is 2.16. The van der Waals surface area contributed by atoms with Gasteiger partial charge in [0.1, 0.15) is 11.6 Å². The summed E-state index contributed by atoms with van der Waals surface area (Å²) in [5.41, 5.74) is 2.66. The summed E-state index contributed by atoms with van der Waals surface area (Å²) in [7, 11) is 0. The molecule has 0 radical (unpaired) electrons. The normalized spacial score (nSPS) is 12.1. The van der Waals surface area contributed by atoms with Crippen LogP contribution in [0.5, 0.6) is 5.75 Å². The van der Waals surface area contributed by atoms with E-state index in [0.717, 1.165) is 24.3 Å². The highest BCUT2D eigenvalue weighted by Crippen LogP contribution is 2.21. The lowest BCUT2D eigenvalue weighted by atomic mass is 10.0. The Morgan fingerprint density at radius 2 is 1.66 bits per heavy atom. The molecule has 0 saturated heterocycles. The van der Waals surface area contributed by atoms with E-state index in [9.17, 15) is 4.79 Å². The van der Waals surface area contributed by atoms with Gasteiger partial charge in [-0.2, -0.15) is 0 Å². The Balaban J connectivity index is 1.74. The number of hydrogen-bond acceptors (Lipinski definition) is 4. The molecule has 0 bridgehead atoms. The largest absolute Gasteiger partial charge is 0.494 e. The molecule has 4 rings (SSSR count). The molecule has 0 fully saturated rings. The summed E-state index contributed by atoms with van der Waals surface area (Å²) < 4.78 is 7.27. The maximum Gasteiger partial charge on any atom is 0.266 e. The Bertz CT molecular complexity index is 1220. The Hall–Kier alpha value is -3.44. The first-order valence-electron chi connectivity index (χ1n) is 11.2. The topological polar surface area (TPSA) is 56.2 Å². The van der Waals surface area contributed by atoms with Crippen molar-refractivity contribution in [2.24, 2.45) is 0 Å². The molecule has 1 aromatic heterocycles. The van der Waals surface area contributed by atoms with Crippen LogP contribution in [0.2, 0.25) is 0 Å². The van der Waals surface area contributed by atoms with Crippen molar-refractivity contribution < 1.29 is 4.74 Å². The van der Waals surface area contributed by atoms with Crippen LogP contribution < -0.4 is 15.6 Å². The quantitative estimate of drug-likeness (QED) is 0.388. The van der Waals surface area contributed by atoms with E-state index in [-0.39, 0.29) is 11.6 Å². The molecule has 1 atom stereocenters. The molecular formula is C27H29N3O2. The van der Waals surface area contributed by atoms with Crippen LogP contribution in [-0.2, 0) is 6.54 Å². The molecule has 0 aliphatic heterocycles. The number of para-hydroxylation sites is 1. The fraction of sp³-hybridized carbons (Fsp3) is 0.259. The summed E-state index contributed by atoms with van der Waals surface area (Å²) in [5.74, 6) is 1.47. The first-order valence-corrected chi connectivity index (χ1v) is 11.2. The molecular weight excluding hydrogens is 398 g/mol. The second-order valence-electron chi connectivity index (χ2n) is 7.75. The average molecular weight is 428 g/mol. The number of rotatable bonds is 9. The Morgan fingerprint density at radius 3 is 2.38 bits per heavy atom. The van der Waals surface area contributed by atoms with Gasteiger partial charge in [0.15, 0.2) is 0 Å². The van der Waals surface area contributed by atoms with Crippen LogP contribution in [0.15, 0.2) is 83.7 Å². The molecule has 0 aliphatic carbocycles. The molecule has 4 aromatic rings. The Morgan fingerprint density at radius 1 is 0.938 bits per heavy atom. The maximum atomic E-state index is 13.5. The van der Waals surface area contributed by atoms with Gasteiger partial charge < -0.3 is 10.1 Å². The lowest BCUT2D eigenvalue weighted by molar-refractivity contribution is 0.340. The number of hydrogen-bond donors (Lipinski definition) is 1. The summed E-state index contributed by atoms with van der Waals surface area (Å²) in [6.45, 7) is 5.22. The molecule has 164 valence electrons. The van der Waals surface area contributed by atoms with Gasteiger partial charge in [-0.05, 0) is 55.3 Å². The standard InChI is InChI=1S/C27H29N3O2/c1-3-10-24(20-11-6-5-7-12-20)28-19-26-29-25-14-9-8-13-23(25)27(31)30(26)21-15-17-22(18-16-21)32-4-2/h5-9,11-18,24,28H,3-4,10,19H2,1-2H3/t24-/m1/s1. The number of fused-ring (bicyclic) bond motifs is 1. The first kappa shape index (κ1) is 21.8. The van der Waals surface area contributed by atoms with Crippen molar-refractivity contribution in [3.05, 3.63) is 101 Å². The number of ether oxygens (including phenoxy) is 1. The third-order valence-electron chi connectivity index (χ3n) is 5.54. The van der Waals surface area contributed by atoms with E-state index in [1.807, 2.05) is 61.5 Å². The number of benzene rings is 3. The number of nitrogens with zero attached hydrogens (tertiary/aromatic N) is 2. The summed E-state index contributed by atoms with van der Waals surface area (Å²) in [6, 6.07) is 25.7. The van der Waals surface area contributed by atoms with E-state index >= 15 is 0 Å². The average Bonchev–Trinajstić information content (AvgIpc) is 2.83. The van der Waals surface area contributed by atoms with Crippen molar-refractivity contribution in [2.45, 2.75) is 39.3 Å². The molecule has 0 amide bonds. The van der Waals surface area contributed by atoms with Gasteiger partial charge in [0.2, 0.25) is 0 Å². The minimum atomic E-state index is -0.0664. The zero-order valence-electron chi connectivity index (χ0n) is 18.6. The molecule has 5 heteroatoms. The third kappa shape index (κ3) is 4.73. The fourth-order valence-electron chi connectivity index (χ4n) is 4.00. The second kappa shape index (κ2) is 10.2. The van der Waals surface area contributed by atoms with Gasteiger partial charge in [0.05, 0.1) is 29.7 Å². The van der Waals surface area contributed by atoms with Crippen molar-refractivity contribution in [1.82, 2.24) is 14.9 Å². The van der Waals surface area contributed by atoms with Gasteiger partial charge in [0, 0.05) is 6.04 Å². The predicted octanol–water partition coefficient (Wildman–Crippen LogP) is 5.42. The zero-order chi connectivity index (χ0) is 22.3. The van der Waals surface area contributed by atoms with Crippen molar-refractivity contribution >= 4 is 10.9 Å². The van der Waals surface area contributed by atoms with Crippen LogP contribution in [0.25, 0.3) is 16.6 Å². The Kier molecular flexibility index (Phi) is 6.97. The van der Waals surface area contributed by atoms with E-state index < -0.39 is 0 Å². The van der Waals surface area contributed by atoms with E-state index in [1.165, 1.54) is 5.56 Å². The van der Waals surface area contributed by atoms with E-state index in [2.05, 4.69) is 36.5 Å². The summed E-state index contributed by atoms with van der Waals surface area (Å²) in [5, 5.41) is 4.25. The lowest BCUT2D eigenvalue weighted by Crippen LogP contribution is -2.29. The fourth-order valence-corrected chi connectivity index (χ4v) is 4.00. The SMILES string of the molecule is CCC[C@@H](NCc1nc2ccccc2c(=O)n1-c1ccc(OCC)cc1)c1ccccc1. The second-order valence-corrected chi connectivity index (χ2v) is 7.75. The van der Waals surface area contributed by atoms with Crippen molar-refractivity contribution in [2.75, 3.05) is 6.61 Å². The highest BCUT2D eigenvalue weighted by atomic mass is 16.5. The molecule has 0 aliphatic rings. The van der Waals surface area contributed by atoms with E-state index in [4.69, 9.17) is 9.72 Å². The van der Waals surface area contributed by atoms with Crippen LogP contribution >= 0.6 is 0 Å². The maximum absolute atomic E-state index is 13.5. The van der Waals surface area contributed by atoms with Gasteiger partial charge >= 0.3 is 0 Å². The van der Waals surface area contributed by atoms with E-state index in [0.29, 0.717) is 29.9 Å². The smallest absolute Gasteiger partial charge is 0.266 e. The minimum absolute atomic E-state index is 0.0664. The Labute approximate surface area is 188 Å². The number of nitrogens with one attached hydrogen (secondary N) is 1. The van der Waals surface area contributed by atoms with Crippen LogP contribution in [-0.4, -0.2) is 16.2 Å². The van der Waals surface area contributed by atoms with Crippen LogP contribution in [0.3, 0.4) is 0 Å². The van der Waals surface area contributed by atoms with Crippen LogP contribution in [0.4, 0.5) is 0 Å². The molecule has 3 aromatic carbocycles. The molecule has 5 nitrogen and oxygen atoms in total. The summed E-state index contributed by atoms with van der Waals surface area (Å²) >= 11 is 0. The monoisotopic (exact) mass is 427 g/mol. The van der Waals surface area contributed by atoms with Gasteiger partial charge in [-0.1, -0.05) is 55.8 Å². The zero-order valence-corrected chi connectivity index (χ0v) is 18.6. The van der Waals surface area contributed by atoms with Gasteiger partial charge in [-0.15, -0.1) is 0 Å². The van der Waals surface area contributed by atoms with Gasteiger partial charge in [-0.3, -0.25) is 9.36 Å².